The zero-order valence-electron chi connectivity index (χ0n) is 14.5. The third-order valence-electron chi connectivity index (χ3n) is 4.41. The van der Waals surface area contributed by atoms with E-state index in [9.17, 15) is 9.59 Å². The lowest BCUT2D eigenvalue weighted by Crippen LogP contribution is -2.20. The first-order valence-electron chi connectivity index (χ1n) is 8.55. The van der Waals surface area contributed by atoms with Crippen LogP contribution >= 0.6 is 23.1 Å². The van der Waals surface area contributed by atoms with Crippen molar-refractivity contribution in [1.29, 1.82) is 0 Å². The largest absolute Gasteiger partial charge is 0.376 e. The summed E-state index contributed by atoms with van der Waals surface area (Å²) in [7, 11) is 0. The average molecular weight is 399 g/mol. The Kier molecular flexibility index (Phi) is 5.15. The number of hydrogen-bond acceptors (Lipinski definition) is 5. The van der Waals surface area contributed by atoms with Crippen molar-refractivity contribution < 1.29 is 14.3 Å². The van der Waals surface area contributed by atoms with Gasteiger partial charge in [0.1, 0.15) is 5.00 Å². The van der Waals surface area contributed by atoms with E-state index in [1.165, 1.54) is 28.5 Å². The van der Waals surface area contributed by atoms with E-state index >= 15 is 0 Å². The van der Waals surface area contributed by atoms with E-state index in [4.69, 9.17) is 10.5 Å². The minimum Gasteiger partial charge on any atom is -0.376 e. The van der Waals surface area contributed by atoms with Crippen molar-refractivity contribution in [3.63, 3.8) is 0 Å². The highest BCUT2D eigenvalue weighted by molar-refractivity contribution is 8.00. The van der Waals surface area contributed by atoms with Crippen LogP contribution in [0.1, 0.15) is 20.8 Å². The number of thioether (sulfide) groups is 1. The molecule has 0 aliphatic carbocycles. The summed E-state index contributed by atoms with van der Waals surface area (Å²) >= 11 is 2.84. The summed E-state index contributed by atoms with van der Waals surface area (Å²) in [6, 6.07) is 14.2. The second kappa shape index (κ2) is 7.72. The molecule has 2 aromatic carbocycles. The molecule has 0 unspecified atom stereocenters. The number of thiophene rings is 1. The van der Waals surface area contributed by atoms with Gasteiger partial charge in [0.2, 0.25) is 5.91 Å². The van der Waals surface area contributed by atoms with E-state index in [1.54, 1.807) is 0 Å². The number of benzene rings is 2. The molecule has 2 heterocycles. The molecule has 1 aromatic heterocycles. The Hall–Kier alpha value is -2.35. The number of hydrogen-bond donors (Lipinski definition) is 2. The fourth-order valence-corrected chi connectivity index (χ4v) is 5.10. The first kappa shape index (κ1) is 18.0. The molecule has 4 rings (SSSR count). The molecule has 27 heavy (non-hydrogen) atoms. The normalized spacial score (nSPS) is 13.3. The Morgan fingerprint density at radius 1 is 1.19 bits per heavy atom. The summed E-state index contributed by atoms with van der Waals surface area (Å²) in [6.45, 7) is 1.03. The van der Waals surface area contributed by atoms with Gasteiger partial charge >= 0.3 is 0 Å². The molecule has 0 atom stereocenters. The number of amides is 2. The quantitative estimate of drug-likeness (QED) is 0.641. The van der Waals surface area contributed by atoms with Crippen LogP contribution in [0.3, 0.4) is 0 Å². The van der Waals surface area contributed by atoms with Crippen LogP contribution in [-0.2, 0) is 22.6 Å². The number of fused-ring (bicyclic) bond motifs is 2. The molecular formula is C20H18N2O3S2. The zero-order valence-corrected chi connectivity index (χ0v) is 16.1. The van der Waals surface area contributed by atoms with Crippen molar-refractivity contribution in [2.75, 3.05) is 17.7 Å². The van der Waals surface area contributed by atoms with Crippen LogP contribution in [0, 0.1) is 0 Å². The van der Waals surface area contributed by atoms with Gasteiger partial charge in [0, 0.05) is 9.77 Å². The van der Waals surface area contributed by atoms with Gasteiger partial charge in [-0.15, -0.1) is 23.1 Å². The van der Waals surface area contributed by atoms with Crippen molar-refractivity contribution in [2.45, 2.75) is 17.9 Å². The third-order valence-corrected chi connectivity index (χ3v) is 6.53. The van der Waals surface area contributed by atoms with E-state index in [1.807, 2.05) is 24.3 Å². The lowest BCUT2D eigenvalue weighted by molar-refractivity contribution is -0.113. The van der Waals surface area contributed by atoms with Gasteiger partial charge in [-0.25, -0.2) is 0 Å². The number of nitrogens with two attached hydrogens (primary N) is 1. The number of rotatable bonds is 5. The standard InChI is InChI=1S/C20H18N2O3S2/c21-19(24)18-15-7-8-25-10-16(15)27-20(18)22-17(23)11-26-14-6-5-12-3-1-2-4-13(12)9-14/h1-6,9H,7-8,10-11H2,(H2,21,24)(H,22,23). The van der Waals surface area contributed by atoms with Gasteiger partial charge in [-0.05, 0) is 34.9 Å². The molecular weight excluding hydrogens is 380 g/mol. The fraction of sp³-hybridized carbons (Fsp3) is 0.200. The summed E-state index contributed by atoms with van der Waals surface area (Å²) in [4.78, 5) is 26.3. The van der Waals surface area contributed by atoms with Crippen molar-refractivity contribution in [1.82, 2.24) is 0 Å². The first-order valence-corrected chi connectivity index (χ1v) is 10.4. The maximum atomic E-state index is 12.4. The summed E-state index contributed by atoms with van der Waals surface area (Å²) in [5, 5.41) is 5.70. The summed E-state index contributed by atoms with van der Waals surface area (Å²) in [5.41, 5.74) is 6.89. The van der Waals surface area contributed by atoms with Crippen LogP contribution < -0.4 is 11.1 Å². The highest BCUT2D eigenvalue weighted by Gasteiger charge is 2.25. The smallest absolute Gasteiger partial charge is 0.251 e. The first-order chi connectivity index (χ1) is 13.1. The van der Waals surface area contributed by atoms with Crippen molar-refractivity contribution in [3.8, 4) is 0 Å². The number of carbonyl (C=O) groups is 2. The van der Waals surface area contributed by atoms with Gasteiger partial charge in [0.05, 0.1) is 24.5 Å². The molecule has 3 aromatic rings. The van der Waals surface area contributed by atoms with Gasteiger partial charge in [0.25, 0.3) is 5.91 Å². The topological polar surface area (TPSA) is 81.4 Å². The number of ether oxygens (including phenoxy) is 1. The molecule has 7 heteroatoms. The van der Waals surface area contributed by atoms with Crippen LogP contribution in [0.4, 0.5) is 5.00 Å². The Labute approximate surface area is 164 Å². The van der Waals surface area contributed by atoms with Crippen molar-refractivity contribution in [3.05, 3.63) is 58.5 Å². The lowest BCUT2D eigenvalue weighted by Gasteiger charge is -2.12. The molecule has 1 aliphatic heterocycles. The van der Waals surface area contributed by atoms with Crippen LogP contribution in [0.15, 0.2) is 47.4 Å². The predicted octanol–water partition coefficient (Wildman–Crippen LogP) is 3.80. The molecule has 0 bridgehead atoms. The average Bonchev–Trinajstić information content (AvgIpc) is 3.04. The molecule has 2 amide bonds. The maximum absolute atomic E-state index is 12.4. The molecule has 0 spiro atoms. The summed E-state index contributed by atoms with van der Waals surface area (Å²) in [6.07, 6.45) is 0.645. The van der Waals surface area contributed by atoms with Gasteiger partial charge in [0.15, 0.2) is 0 Å². The fourth-order valence-electron chi connectivity index (χ4n) is 3.15. The number of anilines is 1. The molecule has 0 saturated heterocycles. The Balaban J connectivity index is 1.46. The molecule has 0 fully saturated rings. The van der Waals surface area contributed by atoms with E-state index in [0.717, 1.165) is 20.7 Å². The minimum absolute atomic E-state index is 0.157. The van der Waals surface area contributed by atoms with E-state index in [2.05, 4.69) is 23.5 Å². The zero-order chi connectivity index (χ0) is 18.8. The Bertz CT molecular complexity index is 1030. The third kappa shape index (κ3) is 3.85. The highest BCUT2D eigenvalue weighted by atomic mass is 32.2. The Morgan fingerprint density at radius 2 is 2.00 bits per heavy atom. The lowest BCUT2D eigenvalue weighted by atomic mass is 10.1. The van der Waals surface area contributed by atoms with Gasteiger partial charge in [-0.2, -0.15) is 0 Å². The molecule has 3 N–H and O–H groups in total. The molecule has 5 nitrogen and oxygen atoms in total. The van der Waals surface area contributed by atoms with Crippen LogP contribution in [0.25, 0.3) is 10.8 Å². The molecule has 138 valence electrons. The van der Waals surface area contributed by atoms with E-state index in [-0.39, 0.29) is 11.7 Å². The van der Waals surface area contributed by atoms with Crippen LogP contribution in [0.5, 0.6) is 0 Å². The predicted molar refractivity (Wildman–Crippen MR) is 109 cm³/mol. The molecule has 1 aliphatic rings. The maximum Gasteiger partial charge on any atom is 0.251 e. The van der Waals surface area contributed by atoms with Gasteiger partial charge in [-0.3, -0.25) is 9.59 Å². The Morgan fingerprint density at radius 3 is 2.81 bits per heavy atom. The SMILES string of the molecule is NC(=O)c1c(NC(=O)CSc2ccc3ccccc3c2)sc2c1CCOC2. The number of carbonyl (C=O) groups excluding carboxylic acids is 2. The number of primary amides is 1. The second-order valence-corrected chi connectivity index (χ2v) is 8.37. The van der Waals surface area contributed by atoms with Gasteiger partial charge in [-0.1, -0.05) is 30.3 Å². The van der Waals surface area contributed by atoms with E-state index in [0.29, 0.717) is 30.2 Å². The second-order valence-electron chi connectivity index (χ2n) is 6.22. The van der Waals surface area contributed by atoms with Gasteiger partial charge < -0.3 is 15.8 Å². The van der Waals surface area contributed by atoms with Crippen molar-refractivity contribution >= 4 is 50.7 Å². The van der Waals surface area contributed by atoms with Crippen LogP contribution in [-0.4, -0.2) is 24.2 Å². The minimum atomic E-state index is -0.508. The van der Waals surface area contributed by atoms with Crippen molar-refractivity contribution in [2.24, 2.45) is 5.73 Å². The highest BCUT2D eigenvalue weighted by Crippen LogP contribution is 2.36. The summed E-state index contributed by atoms with van der Waals surface area (Å²) in [5.74, 6) is -0.405. The molecule has 0 saturated carbocycles. The number of nitrogens with one attached hydrogen (secondary N) is 1. The monoisotopic (exact) mass is 398 g/mol. The van der Waals surface area contributed by atoms with Crippen LogP contribution in [0.2, 0.25) is 0 Å². The van der Waals surface area contributed by atoms with E-state index < -0.39 is 5.91 Å². The molecule has 0 radical (unpaired) electrons. The summed E-state index contributed by atoms with van der Waals surface area (Å²) < 4.78 is 5.43.